The van der Waals surface area contributed by atoms with E-state index < -0.39 is 441 Å². The molecule has 2 aromatic heterocycles. The van der Waals surface area contributed by atoms with Gasteiger partial charge in [0.15, 0.2) is 116 Å². The highest BCUT2D eigenvalue weighted by Crippen LogP contribution is 2.53. The fraction of sp³-hybridized carbons (Fsp3) is 0.125. The standard InChI is InChI=1S/C34H7F11N6.C32H7F13N4.C30H7F11N6/c1-10-12(33(50-2)51-3)4-14-18(10)19(22-29(39)25(35)16(8-48)26(36)30(22)40)15-5-13(11(6-46)7-47)24(34(43,44)45)21(15)20(14)23-31(41)27(37)17(9-49)28(38)32(23)42;1-8-10(31(48-2)49-3)4-12-14(8)15(18-21(33)25(37)29(41)26(38)22(18)34)13-5-11(9(6-46)7-47)20(32(43,44)45)17(13)16(12)19-23(35)27(39)30(42)28(40)24(19)36;1-8-10(29(44-2)45-3)4-12-14(8)15(18-21(31)25(35)46-26(36)22(18)32)13-5-11(9(6-42)7-43)20(30(39,40)41)17(13)16(12)19-23(33)27(37)47-28(38)24(19)34/h4-5H2,1H3;4-5H2,1H3;4-5H2,1H3. The van der Waals surface area contributed by atoms with Gasteiger partial charge in [-0.3, -0.25) is 0 Å². The lowest BCUT2D eigenvalue weighted by Crippen LogP contribution is -2.29. The molecular formula is C96H21F35N16. The van der Waals surface area contributed by atoms with Crippen molar-refractivity contribution in [3.05, 3.63) is 364 Å². The Balaban J connectivity index is 0.000000184. The number of nitriles is 8. The Hall–Kier alpha value is -19.1. The number of aromatic nitrogens is 2. The Morgan fingerprint density at radius 2 is 0.381 bits per heavy atom. The predicted octanol–water partition coefficient (Wildman–Crippen LogP) is 21.4. The van der Waals surface area contributed by atoms with Crippen LogP contribution in [0.4, 0.5) is 154 Å². The van der Waals surface area contributed by atoms with Crippen LogP contribution < -0.4 is 31.3 Å². The van der Waals surface area contributed by atoms with Crippen LogP contribution in [0.1, 0.15) is 65.3 Å². The van der Waals surface area contributed by atoms with Gasteiger partial charge >= 0.3 is 36.0 Å². The van der Waals surface area contributed by atoms with E-state index in [-0.39, 0.29) is 11.1 Å². The maximum atomic E-state index is 15.8. The van der Waals surface area contributed by atoms with E-state index in [0.29, 0.717) is 0 Å². The Kier molecular flexibility index (Phi) is 27.0. The fourth-order valence-electron chi connectivity index (χ4n) is 18.2. The van der Waals surface area contributed by atoms with Crippen molar-refractivity contribution >= 4 is 33.4 Å². The highest BCUT2D eigenvalue weighted by Gasteiger charge is 2.52. The van der Waals surface area contributed by atoms with E-state index in [2.05, 4.69) is 39.0 Å². The van der Waals surface area contributed by atoms with Crippen molar-refractivity contribution < 1.29 is 154 Å². The van der Waals surface area contributed by atoms with Crippen molar-refractivity contribution in [3.63, 3.8) is 0 Å². The number of benzene rings is 7. The Labute approximate surface area is 793 Å². The summed E-state index contributed by atoms with van der Waals surface area (Å²) in [4.78, 5) is 22.5. The van der Waals surface area contributed by atoms with Crippen LogP contribution in [-0.4, -0.2) is 28.5 Å². The third kappa shape index (κ3) is 15.7. The third-order valence-electron chi connectivity index (χ3n) is 23.9. The monoisotopic (exact) mass is 2060 g/mol. The van der Waals surface area contributed by atoms with Crippen molar-refractivity contribution in [1.29, 1.82) is 42.1 Å². The van der Waals surface area contributed by atoms with Gasteiger partial charge in [0.05, 0.1) is 66.8 Å². The summed E-state index contributed by atoms with van der Waals surface area (Å²) in [5, 5.41) is 68.2. The summed E-state index contributed by atoms with van der Waals surface area (Å²) in [5.74, 6) is -66.6. The number of rotatable bonds is 6. The molecular weight excluding hydrogens is 2040 g/mol. The number of halogens is 35. The van der Waals surface area contributed by atoms with Gasteiger partial charge in [0, 0.05) is 36.0 Å². The zero-order valence-electron chi connectivity index (χ0n) is 71.1. The molecule has 0 unspecified atom stereocenters. The zero-order chi connectivity index (χ0) is 109. The van der Waals surface area contributed by atoms with Gasteiger partial charge in [0.2, 0.25) is 11.6 Å². The van der Waals surface area contributed by atoms with Crippen molar-refractivity contribution in [2.24, 2.45) is 0 Å². The van der Waals surface area contributed by atoms with Gasteiger partial charge in [-0.2, -0.15) is 138 Å². The summed E-state index contributed by atoms with van der Waals surface area (Å²) >= 11 is 0. The molecule has 6 aliphatic rings. The Morgan fingerprint density at radius 3 is 0.551 bits per heavy atom. The Morgan fingerprint density at radius 1 is 0.224 bits per heavy atom. The molecule has 0 bridgehead atoms. The third-order valence-corrected chi connectivity index (χ3v) is 23.9. The molecule has 0 aliphatic heterocycles. The second-order valence-electron chi connectivity index (χ2n) is 30.8. The molecule has 6 aliphatic carbocycles. The number of hydrogen-bond acceptors (Lipinski definition) is 10. The molecule has 9 aromatic rings. The normalized spacial score (nSPS) is 13.4. The van der Waals surface area contributed by atoms with Crippen LogP contribution in [0, 0.1) is 282 Å². The molecule has 147 heavy (non-hydrogen) atoms. The minimum atomic E-state index is -5.80. The molecule has 2 heterocycles. The topological polar surface area (TPSA) is 242 Å². The SMILES string of the molecule is [C-]#[N+]C([N+]#[C-])=C1Cc2c(-c3c(F)c(F)c(C#N)c(F)c3F)c3c(c(-c4c(F)c(F)c(C#N)c(F)c4F)c2=C1C)CC(=C(C#N)C#N)C=3C(F)(F)F.[C-]#[N+]C([N+]#[C-])=C1Cc2c(-c3c(F)c(F)c(F)c(F)c3F)c3c(c(-c4c(F)c(F)c(F)c(F)c4F)c2=C1C)CC(=C(C#N)C#N)C=3C(F)(F)F.[C-]#[N+]C([N+]#[C-])=C1Cc2c(-c3c(F)c(F)nc(F)c3F)c3c(c(-c4c(F)c(F)nc(F)c4F)c2=C1C)CC(=C(C#N)C#N)C=3C(F)(F)F. The van der Waals surface area contributed by atoms with Crippen molar-refractivity contribution in [3.8, 4) is 115 Å². The van der Waals surface area contributed by atoms with E-state index in [1.54, 1.807) is 0 Å². The molecule has 51 heteroatoms. The van der Waals surface area contributed by atoms with E-state index in [4.69, 9.17) is 50.0 Å². The van der Waals surface area contributed by atoms with Gasteiger partial charge in [-0.05, 0) is 155 Å². The summed E-state index contributed by atoms with van der Waals surface area (Å²) in [6, 6.07) is 8.75. The minimum absolute atomic E-state index is 0.361. The van der Waals surface area contributed by atoms with E-state index in [1.807, 2.05) is 0 Å². The molecule has 0 fully saturated rings. The number of allylic oxidation sites excluding steroid dienone is 9. The lowest BCUT2D eigenvalue weighted by molar-refractivity contribution is -0.0704. The van der Waals surface area contributed by atoms with Gasteiger partial charge in [-0.15, -0.1) is 0 Å². The molecule has 730 valence electrons. The van der Waals surface area contributed by atoms with Crippen LogP contribution in [0.3, 0.4) is 0 Å². The molecule has 0 saturated carbocycles. The number of hydrogen-bond donors (Lipinski definition) is 0. The number of fused-ring (bicyclic) bond motifs is 6. The van der Waals surface area contributed by atoms with Gasteiger partial charge in [-0.25, -0.2) is 96.6 Å². The first-order chi connectivity index (χ1) is 68.9. The van der Waals surface area contributed by atoms with Gasteiger partial charge in [0.25, 0.3) is 23.8 Å². The molecule has 0 radical (unpaired) electrons. The second kappa shape index (κ2) is 37.7. The zero-order valence-corrected chi connectivity index (χ0v) is 71.1. The van der Waals surface area contributed by atoms with Crippen LogP contribution in [0.5, 0.6) is 0 Å². The van der Waals surface area contributed by atoms with Crippen molar-refractivity contribution in [2.45, 2.75) is 77.8 Å². The minimum Gasteiger partial charge on any atom is -0.203 e. The maximum absolute atomic E-state index is 15.8. The molecule has 0 spiro atoms. The smallest absolute Gasteiger partial charge is 0.203 e. The van der Waals surface area contributed by atoms with Gasteiger partial charge in [-0.1, -0.05) is 0 Å². The molecule has 0 amide bonds. The first kappa shape index (κ1) is 105. The molecule has 7 aromatic carbocycles. The maximum Gasteiger partial charge on any atom is 0.523 e. The predicted molar refractivity (Wildman–Crippen MR) is 427 cm³/mol. The van der Waals surface area contributed by atoms with Crippen molar-refractivity contribution in [2.75, 3.05) is 0 Å². The quantitative estimate of drug-likeness (QED) is 0.0381. The van der Waals surface area contributed by atoms with E-state index in [0.717, 1.165) is 45.0 Å². The summed E-state index contributed by atoms with van der Waals surface area (Å²) in [6.45, 7) is 47.1. The number of alkyl halides is 9. The summed E-state index contributed by atoms with van der Waals surface area (Å²) < 4.78 is 527. The van der Waals surface area contributed by atoms with Gasteiger partial charge in [0.1, 0.15) is 116 Å². The second-order valence-corrected chi connectivity index (χ2v) is 30.8. The fourth-order valence-corrected chi connectivity index (χ4v) is 18.2. The first-order valence-corrected chi connectivity index (χ1v) is 39.0. The number of pyridine rings is 2. The molecule has 15 rings (SSSR count). The molecule has 0 N–H and O–H groups in total. The van der Waals surface area contributed by atoms with Crippen LogP contribution in [-0.2, 0) is 38.5 Å². The average molecular weight is 2060 g/mol. The highest BCUT2D eigenvalue weighted by molar-refractivity contribution is 5.98. The van der Waals surface area contributed by atoms with Crippen LogP contribution in [0.2, 0.25) is 0 Å². The average Bonchev–Trinajstić information content (AvgIpc) is 1.53. The summed E-state index contributed by atoms with van der Waals surface area (Å²) in [5.41, 5.74) is -45.2. The number of nitrogens with zero attached hydrogens (tertiary/aromatic N) is 16. The molecule has 0 saturated heterocycles. The summed E-state index contributed by atoms with van der Waals surface area (Å²) in [6.07, 6.45) is -24.4. The lowest BCUT2D eigenvalue weighted by atomic mass is 9.85. The molecule has 16 nitrogen and oxygen atoms in total. The van der Waals surface area contributed by atoms with E-state index in [1.165, 1.54) is 24.3 Å². The Bertz CT molecular complexity index is 8940. The summed E-state index contributed by atoms with van der Waals surface area (Å²) in [7, 11) is 0. The van der Waals surface area contributed by atoms with Gasteiger partial charge < -0.3 is 0 Å². The largest absolute Gasteiger partial charge is 0.523 e. The van der Waals surface area contributed by atoms with E-state index in [9.17, 15) is 102 Å². The van der Waals surface area contributed by atoms with Crippen LogP contribution >= 0.6 is 0 Å². The van der Waals surface area contributed by atoms with Crippen LogP contribution in [0.25, 0.3) is 129 Å². The molecule has 0 atom stereocenters. The van der Waals surface area contributed by atoms with Crippen LogP contribution in [0.15, 0.2) is 67.6 Å². The lowest BCUT2D eigenvalue weighted by Gasteiger charge is -2.20. The van der Waals surface area contributed by atoms with E-state index >= 15 is 83.4 Å². The first-order valence-electron chi connectivity index (χ1n) is 39.0. The highest BCUT2D eigenvalue weighted by atomic mass is 19.4. The van der Waals surface area contributed by atoms with Crippen molar-refractivity contribution in [1.82, 2.24) is 9.97 Å².